The van der Waals surface area contributed by atoms with Gasteiger partial charge in [0.05, 0.1) is 18.5 Å². The number of aliphatic hydroxyl groups is 1. The Hall–Kier alpha value is -3.11. The predicted octanol–water partition coefficient (Wildman–Crippen LogP) is 2.40. The number of rotatable bonds is 7. The van der Waals surface area contributed by atoms with Gasteiger partial charge in [-0.05, 0) is 35.9 Å². The van der Waals surface area contributed by atoms with E-state index in [1.54, 1.807) is 29.2 Å². The van der Waals surface area contributed by atoms with E-state index in [9.17, 15) is 27.9 Å². The number of nitrogens with zero attached hydrogens (tertiary/aromatic N) is 1. The van der Waals surface area contributed by atoms with Crippen LogP contribution in [0.15, 0.2) is 48.5 Å². The number of hydrogen-bond donors (Lipinski definition) is 3. The quantitative estimate of drug-likeness (QED) is 0.614. The van der Waals surface area contributed by atoms with Gasteiger partial charge in [-0.25, -0.2) is 0 Å². The zero-order valence-corrected chi connectivity index (χ0v) is 16.3. The summed E-state index contributed by atoms with van der Waals surface area (Å²) in [4.78, 5) is 24.6. The van der Waals surface area contributed by atoms with Crippen LogP contribution in [0.25, 0.3) is 0 Å². The van der Waals surface area contributed by atoms with Gasteiger partial charge < -0.3 is 20.3 Å². The Kier molecular flexibility index (Phi) is 6.81. The number of benzene rings is 2. The van der Waals surface area contributed by atoms with Gasteiger partial charge in [0.2, 0.25) is 5.91 Å². The van der Waals surface area contributed by atoms with Gasteiger partial charge >= 0.3 is 12.1 Å². The molecule has 2 aromatic carbocycles. The molecule has 1 heterocycles. The highest BCUT2D eigenvalue weighted by Crippen LogP contribution is 2.30. The van der Waals surface area contributed by atoms with Crippen LogP contribution in [-0.2, 0) is 22.2 Å². The number of amides is 1. The maximum Gasteiger partial charge on any atom is 0.416 e. The van der Waals surface area contributed by atoms with E-state index in [2.05, 4.69) is 5.32 Å². The number of carbonyl (C=O) groups excluding carboxylic acids is 1. The zero-order valence-electron chi connectivity index (χ0n) is 16.3. The molecule has 1 saturated heterocycles. The van der Waals surface area contributed by atoms with Crippen LogP contribution < -0.4 is 10.1 Å². The molecule has 0 unspecified atom stereocenters. The minimum Gasteiger partial charge on any atom is -0.486 e. The van der Waals surface area contributed by atoms with Crippen LogP contribution in [0.3, 0.4) is 0 Å². The number of ether oxygens (including phenoxy) is 1. The molecule has 1 amide bonds. The molecule has 1 fully saturated rings. The van der Waals surface area contributed by atoms with E-state index in [0.717, 1.165) is 12.1 Å². The minimum absolute atomic E-state index is 0.0359. The average molecular weight is 438 g/mol. The van der Waals surface area contributed by atoms with E-state index in [4.69, 9.17) is 9.84 Å². The molecular formula is C21H21F3N2O5. The van der Waals surface area contributed by atoms with E-state index in [1.165, 1.54) is 12.1 Å². The molecule has 2 aromatic rings. The lowest BCUT2D eigenvalue weighted by atomic mass is 10.1. The Morgan fingerprint density at radius 2 is 1.84 bits per heavy atom. The lowest BCUT2D eigenvalue weighted by molar-refractivity contribution is -0.138. The smallest absolute Gasteiger partial charge is 0.416 e. The molecular weight excluding hydrogens is 417 g/mol. The fourth-order valence-electron chi connectivity index (χ4n) is 3.29. The maximum atomic E-state index is 12.8. The van der Waals surface area contributed by atoms with E-state index in [1.807, 2.05) is 0 Å². The van der Waals surface area contributed by atoms with Crippen molar-refractivity contribution in [3.05, 3.63) is 59.7 Å². The summed E-state index contributed by atoms with van der Waals surface area (Å²) in [5.41, 5.74) is -0.210. The Morgan fingerprint density at radius 3 is 2.48 bits per heavy atom. The summed E-state index contributed by atoms with van der Waals surface area (Å²) in [7, 11) is 0. The van der Waals surface area contributed by atoms with Crippen molar-refractivity contribution < 1.29 is 37.7 Å². The molecule has 0 aliphatic carbocycles. The Balaban J connectivity index is 1.52. The van der Waals surface area contributed by atoms with Gasteiger partial charge in [0.15, 0.2) is 0 Å². The second-order valence-corrected chi connectivity index (χ2v) is 7.26. The number of aliphatic carboxylic acids is 1. The van der Waals surface area contributed by atoms with Gasteiger partial charge in [0, 0.05) is 18.8 Å². The first-order valence-corrected chi connectivity index (χ1v) is 9.45. The largest absolute Gasteiger partial charge is 0.486 e. The number of carboxylic acid groups (broad SMARTS) is 1. The highest BCUT2D eigenvalue weighted by molar-refractivity contribution is 5.92. The van der Waals surface area contributed by atoms with Crippen molar-refractivity contribution in [3.8, 4) is 5.75 Å². The van der Waals surface area contributed by atoms with E-state index < -0.39 is 35.8 Å². The molecule has 0 radical (unpaired) electrons. The molecule has 3 rings (SSSR count). The normalized spacial score (nSPS) is 19.2. The number of halogens is 3. The number of aliphatic hydroxyl groups excluding tert-OH is 1. The highest BCUT2D eigenvalue weighted by Gasteiger charge is 2.34. The molecule has 2 atom stereocenters. The summed E-state index contributed by atoms with van der Waals surface area (Å²) in [6.07, 6.45) is -6.08. The third-order valence-electron chi connectivity index (χ3n) is 4.72. The van der Waals surface area contributed by atoms with Gasteiger partial charge in [-0.1, -0.05) is 18.2 Å². The molecule has 0 spiro atoms. The van der Waals surface area contributed by atoms with Gasteiger partial charge in [0.25, 0.3) is 0 Å². The number of carboxylic acids is 1. The number of β-amino-alcohol motifs (C(OH)–C–C–N with tert-alkyl or cyclic N) is 1. The molecule has 1 aliphatic heterocycles. The SMILES string of the molecule is O=C(O)Cc1ccc(O[C@@H]2CN(CC(=O)Nc3cccc(C(F)(F)F)c3)C[C@H]2O)cc1. The summed E-state index contributed by atoms with van der Waals surface area (Å²) in [5.74, 6) is -1.00. The van der Waals surface area contributed by atoms with Crippen LogP contribution in [0.4, 0.5) is 18.9 Å². The lowest BCUT2D eigenvalue weighted by Gasteiger charge is -2.17. The topological polar surface area (TPSA) is 99.1 Å². The van der Waals surface area contributed by atoms with Crippen LogP contribution in [0.2, 0.25) is 0 Å². The number of alkyl halides is 3. The van der Waals surface area contributed by atoms with E-state index in [-0.39, 0.29) is 31.7 Å². The predicted molar refractivity (Wildman–Crippen MR) is 105 cm³/mol. The number of likely N-dealkylation sites (tertiary alicyclic amines) is 1. The van der Waals surface area contributed by atoms with Crippen LogP contribution >= 0.6 is 0 Å². The van der Waals surface area contributed by atoms with E-state index in [0.29, 0.717) is 11.3 Å². The van der Waals surface area contributed by atoms with Crippen LogP contribution in [0, 0.1) is 0 Å². The minimum atomic E-state index is -4.50. The third-order valence-corrected chi connectivity index (χ3v) is 4.72. The lowest BCUT2D eigenvalue weighted by Crippen LogP contribution is -2.33. The Bertz CT molecular complexity index is 933. The van der Waals surface area contributed by atoms with Crippen LogP contribution in [0.1, 0.15) is 11.1 Å². The summed E-state index contributed by atoms with van der Waals surface area (Å²) in [6, 6.07) is 10.8. The molecule has 3 N–H and O–H groups in total. The van der Waals surface area contributed by atoms with Crippen LogP contribution in [-0.4, -0.2) is 58.8 Å². The summed E-state index contributed by atoms with van der Waals surface area (Å²) in [5, 5.41) is 21.4. The van der Waals surface area contributed by atoms with Crippen molar-refractivity contribution in [1.82, 2.24) is 4.90 Å². The number of carbonyl (C=O) groups is 2. The van der Waals surface area contributed by atoms with Crippen molar-refractivity contribution in [1.29, 1.82) is 0 Å². The van der Waals surface area contributed by atoms with Crippen molar-refractivity contribution in [2.75, 3.05) is 25.0 Å². The monoisotopic (exact) mass is 438 g/mol. The van der Waals surface area contributed by atoms with Gasteiger partial charge in [-0.15, -0.1) is 0 Å². The van der Waals surface area contributed by atoms with Crippen molar-refractivity contribution in [2.45, 2.75) is 24.8 Å². The van der Waals surface area contributed by atoms with E-state index >= 15 is 0 Å². The van der Waals surface area contributed by atoms with Crippen LogP contribution in [0.5, 0.6) is 5.75 Å². The Morgan fingerprint density at radius 1 is 1.13 bits per heavy atom. The third kappa shape index (κ3) is 6.43. The molecule has 7 nitrogen and oxygen atoms in total. The second kappa shape index (κ2) is 9.36. The van der Waals surface area contributed by atoms with Crippen molar-refractivity contribution in [3.63, 3.8) is 0 Å². The zero-order chi connectivity index (χ0) is 22.6. The number of hydrogen-bond acceptors (Lipinski definition) is 5. The first kappa shape index (κ1) is 22.6. The standard InChI is InChI=1S/C21H21F3N2O5/c22-21(23,24)14-2-1-3-15(9-14)25-19(28)12-26-10-17(27)18(11-26)31-16-6-4-13(5-7-16)8-20(29)30/h1-7,9,17-18,27H,8,10-12H2,(H,25,28)(H,29,30)/t17-,18-/m1/s1. The summed E-state index contributed by atoms with van der Waals surface area (Å²) >= 11 is 0. The van der Waals surface area contributed by atoms with Gasteiger partial charge in [-0.2, -0.15) is 13.2 Å². The average Bonchev–Trinajstić information content (AvgIpc) is 3.01. The Labute approximate surface area is 176 Å². The number of nitrogens with one attached hydrogen (secondary N) is 1. The molecule has 0 saturated carbocycles. The van der Waals surface area contributed by atoms with Crippen molar-refractivity contribution in [2.24, 2.45) is 0 Å². The summed E-state index contributed by atoms with van der Waals surface area (Å²) < 4.78 is 44.1. The first-order valence-electron chi connectivity index (χ1n) is 9.45. The molecule has 0 aromatic heterocycles. The summed E-state index contributed by atoms with van der Waals surface area (Å²) in [6.45, 7) is 0.288. The second-order valence-electron chi connectivity index (χ2n) is 7.26. The van der Waals surface area contributed by atoms with Crippen molar-refractivity contribution >= 4 is 17.6 Å². The van der Waals surface area contributed by atoms with Gasteiger partial charge in [-0.3, -0.25) is 14.5 Å². The molecule has 1 aliphatic rings. The molecule has 31 heavy (non-hydrogen) atoms. The maximum absolute atomic E-state index is 12.8. The first-order chi connectivity index (χ1) is 14.6. The molecule has 10 heteroatoms. The fourth-order valence-corrected chi connectivity index (χ4v) is 3.29. The highest BCUT2D eigenvalue weighted by atomic mass is 19.4. The molecule has 166 valence electrons. The molecule has 0 bridgehead atoms. The fraction of sp³-hybridized carbons (Fsp3) is 0.333. The van der Waals surface area contributed by atoms with Gasteiger partial charge in [0.1, 0.15) is 18.0 Å². The number of anilines is 1.